The number of ether oxygens (including phenoxy) is 1. The lowest BCUT2D eigenvalue weighted by atomic mass is 9.82. The van der Waals surface area contributed by atoms with Gasteiger partial charge in [0.05, 0.1) is 19.8 Å². The molecule has 0 spiro atoms. The number of rotatable bonds is 8. The zero-order valence-corrected chi connectivity index (χ0v) is 17.6. The fourth-order valence-electron chi connectivity index (χ4n) is 3.92. The summed E-state index contributed by atoms with van der Waals surface area (Å²) in [6, 6.07) is 26.7. The minimum Gasteiger partial charge on any atom is -0.379 e. The number of nitrogens with one attached hydrogen (secondary N) is 1. The van der Waals surface area contributed by atoms with Gasteiger partial charge in [0.1, 0.15) is 0 Å². The van der Waals surface area contributed by atoms with Crippen molar-refractivity contribution < 1.29 is 14.3 Å². The van der Waals surface area contributed by atoms with Crippen molar-refractivity contribution in [3.63, 3.8) is 0 Å². The number of aryl methyl sites for hydroxylation is 1. The van der Waals surface area contributed by atoms with E-state index in [1.165, 1.54) is 16.0 Å². The number of hydrogen-bond acceptors (Lipinski definition) is 3. The molecule has 0 saturated carbocycles. The predicted molar refractivity (Wildman–Crippen MR) is 120 cm³/mol. The Balaban J connectivity index is 1.44. The van der Waals surface area contributed by atoms with Gasteiger partial charge in [0.2, 0.25) is 0 Å². The molecular weight excluding hydrogens is 388 g/mol. The number of hydrogen-bond donors (Lipinski definition) is 1. The van der Waals surface area contributed by atoms with E-state index in [1.807, 2.05) is 60.7 Å². The maximum absolute atomic E-state index is 13.5. The molecule has 1 aliphatic heterocycles. The van der Waals surface area contributed by atoms with Crippen LogP contribution in [0, 0.1) is 6.92 Å². The van der Waals surface area contributed by atoms with Crippen molar-refractivity contribution in [1.82, 2.24) is 10.2 Å². The molecule has 0 bridgehead atoms. The van der Waals surface area contributed by atoms with Gasteiger partial charge in [0.25, 0.3) is 5.91 Å². The highest BCUT2D eigenvalue weighted by atomic mass is 16.5. The topological polar surface area (TPSA) is 58.6 Å². The summed E-state index contributed by atoms with van der Waals surface area (Å²) in [5.41, 5.74) is 2.68. The van der Waals surface area contributed by atoms with Crippen LogP contribution in [0.5, 0.6) is 0 Å². The molecule has 5 heteroatoms. The second kappa shape index (κ2) is 9.14. The van der Waals surface area contributed by atoms with Crippen LogP contribution in [-0.2, 0) is 21.5 Å². The highest BCUT2D eigenvalue weighted by Gasteiger charge is 2.53. The largest absolute Gasteiger partial charge is 0.379 e. The predicted octanol–water partition coefficient (Wildman–Crippen LogP) is 4.05. The van der Waals surface area contributed by atoms with Crippen molar-refractivity contribution in [2.75, 3.05) is 19.8 Å². The molecule has 1 saturated heterocycles. The minimum atomic E-state index is -1.22. The highest BCUT2D eigenvalue weighted by molar-refractivity contribution is 6.09. The summed E-state index contributed by atoms with van der Waals surface area (Å²) in [6.07, 6.45) is 0.790. The number of urea groups is 1. The molecule has 0 radical (unpaired) electrons. The molecule has 3 amide bonds. The molecule has 3 aromatic carbocycles. The van der Waals surface area contributed by atoms with Gasteiger partial charge in [0.15, 0.2) is 5.54 Å². The number of nitrogens with zero attached hydrogens (tertiary/aromatic N) is 1. The summed E-state index contributed by atoms with van der Waals surface area (Å²) in [4.78, 5) is 27.6. The fourth-order valence-corrected chi connectivity index (χ4v) is 3.92. The van der Waals surface area contributed by atoms with Gasteiger partial charge in [-0.1, -0.05) is 90.5 Å². The third kappa shape index (κ3) is 4.23. The fraction of sp³-hybridized carbons (Fsp3) is 0.231. The second-order valence-corrected chi connectivity index (χ2v) is 7.72. The third-order valence-electron chi connectivity index (χ3n) is 5.63. The molecule has 31 heavy (non-hydrogen) atoms. The first-order valence-electron chi connectivity index (χ1n) is 10.5. The van der Waals surface area contributed by atoms with Crippen molar-refractivity contribution in [1.29, 1.82) is 0 Å². The van der Waals surface area contributed by atoms with Gasteiger partial charge < -0.3 is 10.1 Å². The summed E-state index contributed by atoms with van der Waals surface area (Å²) >= 11 is 0. The van der Waals surface area contributed by atoms with Crippen LogP contribution in [0.4, 0.5) is 4.79 Å². The Kier molecular flexibility index (Phi) is 6.14. The highest BCUT2D eigenvalue weighted by Crippen LogP contribution is 2.35. The van der Waals surface area contributed by atoms with Gasteiger partial charge in [-0.2, -0.15) is 0 Å². The van der Waals surface area contributed by atoms with Crippen molar-refractivity contribution >= 4 is 11.9 Å². The Morgan fingerprint density at radius 1 is 0.806 bits per heavy atom. The van der Waals surface area contributed by atoms with Crippen LogP contribution in [0.1, 0.15) is 22.3 Å². The van der Waals surface area contributed by atoms with Gasteiger partial charge in [-0.3, -0.25) is 9.69 Å². The summed E-state index contributed by atoms with van der Waals surface area (Å²) in [5, 5.41) is 2.95. The molecule has 5 nitrogen and oxygen atoms in total. The van der Waals surface area contributed by atoms with Crippen molar-refractivity contribution in [2.45, 2.75) is 18.9 Å². The van der Waals surface area contributed by atoms with E-state index >= 15 is 0 Å². The van der Waals surface area contributed by atoms with Crippen molar-refractivity contribution in [3.8, 4) is 0 Å². The summed E-state index contributed by atoms with van der Waals surface area (Å²) in [5.74, 6) is -0.281. The SMILES string of the molecule is Cc1ccc(CCOCCN2C(=O)NC(c3ccccc3)(c3ccccc3)C2=O)cc1. The van der Waals surface area contributed by atoms with Crippen molar-refractivity contribution in [2.24, 2.45) is 0 Å². The normalized spacial score (nSPS) is 15.2. The van der Waals surface area contributed by atoms with E-state index < -0.39 is 11.6 Å². The van der Waals surface area contributed by atoms with Crippen molar-refractivity contribution in [3.05, 3.63) is 107 Å². The molecular formula is C26H26N2O3. The Labute approximate surface area is 182 Å². The van der Waals surface area contributed by atoms with E-state index in [0.29, 0.717) is 13.2 Å². The van der Waals surface area contributed by atoms with E-state index in [0.717, 1.165) is 17.5 Å². The minimum absolute atomic E-state index is 0.208. The van der Waals surface area contributed by atoms with Crippen LogP contribution in [0.3, 0.4) is 0 Å². The van der Waals surface area contributed by atoms with Gasteiger partial charge >= 0.3 is 6.03 Å². The first-order chi connectivity index (χ1) is 15.1. The Morgan fingerprint density at radius 3 is 1.97 bits per heavy atom. The average molecular weight is 415 g/mol. The molecule has 4 rings (SSSR count). The molecule has 0 unspecified atom stereocenters. The van der Waals surface area contributed by atoms with Crippen LogP contribution < -0.4 is 5.32 Å². The first-order valence-corrected chi connectivity index (χ1v) is 10.5. The number of imide groups is 1. The van der Waals surface area contributed by atoms with Crippen LogP contribution in [-0.4, -0.2) is 36.6 Å². The second-order valence-electron chi connectivity index (χ2n) is 7.72. The number of benzene rings is 3. The zero-order valence-electron chi connectivity index (χ0n) is 17.6. The molecule has 0 atom stereocenters. The van der Waals surface area contributed by atoms with Gasteiger partial charge in [0, 0.05) is 0 Å². The molecule has 1 fully saturated rings. The number of carbonyl (C=O) groups excluding carboxylic acids is 2. The summed E-state index contributed by atoms with van der Waals surface area (Å²) < 4.78 is 5.73. The average Bonchev–Trinajstić information content (AvgIpc) is 3.07. The zero-order chi connectivity index (χ0) is 21.7. The molecule has 3 aromatic rings. The van der Waals surface area contributed by atoms with Gasteiger partial charge in [-0.25, -0.2) is 4.79 Å². The quantitative estimate of drug-likeness (QED) is 0.447. The maximum Gasteiger partial charge on any atom is 0.325 e. The van der Waals surface area contributed by atoms with Gasteiger partial charge in [-0.05, 0) is 30.0 Å². The van der Waals surface area contributed by atoms with E-state index in [4.69, 9.17) is 4.74 Å². The number of carbonyl (C=O) groups is 2. The Morgan fingerprint density at radius 2 is 1.39 bits per heavy atom. The molecule has 1 aliphatic rings. The molecule has 0 aliphatic carbocycles. The van der Waals surface area contributed by atoms with Crippen LogP contribution >= 0.6 is 0 Å². The van der Waals surface area contributed by atoms with E-state index in [-0.39, 0.29) is 12.5 Å². The van der Waals surface area contributed by atoms with E-state index in [1.54, 1.807) is 0 Å². The molecule has 1 heterocycles. The summed E-state index contributed by atoms with van der Waals surface area (Å²) in [6.45, 7) is 3.10. The monoisotopic (exact) mass is 414 g/mol. The molecule has 158 valence electrons. The molecule has 1 N–H and O–H groups in total. The van der Waals surface area contributed by atoms with Crippen LogP contribution in [0.25, 0.3) is 0 Å². The lowest BCUT2D eigenvalue weighted by Gasteiger charge is -2.28. The summed E-state index contributed by atoms with van der Waals surface area (Å²) in [7, 11) is 0. The number of amides is 3. The lowest BCUT2D eigenvalue weighted by molar-refractivity contribution is -0.130. The maximum atomic E-state index is 13.5. The smallest absolute Gasteiger partial charge is 0.325 e. The Bertz CT molecular complexity index is 994. The lowest BCUT2D eigenvalue weighted by Crippen LogP contribution is -2.45. The van der Waals surface area contributed by atoms with E-state index in [2.05, 4.69) is 36.5 Å². The van der Waals surface area contributed by atoms with Crippen LogP contribution in [0.2, 0.25) is 0 Å². The third-order valence-corrected chi connectivity index (χ3v) is 5.63. The van der Waals surface area contributed by atoms with Crippen LogP contribution in [0.15, 0.2) is 84.9 Å². The standard InChI is InChI=1S/C26H26N2O3/c1-20-12-14-21(15-13-20)16-18-31-19-17-28-24(29)26(27-25(28)30,22-8-4-2-5-9-22)23-10-6-3-7-11-23/h2-15H,16-19H2,1H3,(H,27,30). The van der Waals surface area contributed by atoms with E-state index in [9.17, 15) is 9.59 Å². The Hall–Kier alpha value is -3.44. The first kappa shape index (κ1) is 20.8. The van der Waals surface area contributed by atoms with Gasteiger partial charge in [-0.15, -0.1) is 0 Å². The molecule has 0 aromatic heterocycles.